The van der Waals surface area contributed by atoms with E-state index in [9.17, 15) is 4.79 Å². The highest BCUT2D eigenvalue weighted by Crippen LogP contribution is 2.34. The molecule has 2 N–H and O–H groups in total. The van der Waals surface area contributed by atoms with Gasteiger partial charge in [-0.3, -0.25) is 0 Å². The van der Waals surface area contributed by atoms with Gasteiger partial charge in [0.25, 0.3) is 0 Å². The quantitative estimate of drug-likeness (QED) is 0.772. The molecule has 0 aliphatic carbocycles. The van der Waals surface area contributed by atoms with Crippen molar-refractivity contribution in [2.24, 2.45) is 5.92 Å². The van der Waals surface area contributed by atoms with Crippen LogP contribution in [0.3, 0.4) is 0 Å². The highest BCUT2D eigenvalue weighted by atomic mass is 16.5. The Hall–Kier alpha value is -2.11. The van der Waals surface area contributed by atoms with Gasteiger partial charge in [0, 0.05) is 19.2 Å². The number of rotatable bonds is 8. The summed E-state index contributed by atoms with van der Waals surface area (Å²) in [5.41, 5.74) is 0.948. The van der Waals surface area contributed by atoms with Crippen LogP contribution in [0, 0.1) is 5.92 Å². The molecular formula is C16H26N2O4. The minimum absolute atomic E-state index is 0.159. The Kier molecular flexibility index (Phi) is 7.36. The lowest BCUT2D eigenvalue weighted by molar-refractivity contribution is 0.239. The summed E-state index contributed by atoms with van der Waals surface area (Å²) in [6, 6.07) is 3.49. The number of benzene rings is 1. The van der Waals surface area contributed by atoms with E-state index >= 15 is 0 Å². The first-order chi connectivity index (χ1) is 10.5. The van der Waals surface area contributed by atoms with Crippen LogP contribution in [0.4, 0.5) is 4.79 Å². The molecule has 1 aromatic carbocycles. The summed E-state index contributed by atoms with van der Waals surface area (Å²) in [5.74, 6) is 2.40. The molecule has 2 amide bonds. The first kappa shape index (κ1) is 17.9. The Labute approximate surface area is 132 Å². The number of urea groups is 1. The van der Waals surface area contributed by atoms with E-state index in [1.165, 1.54) is 0 Å². The third-order valence-electron chi connectivity index (χ3n) is 3.14. The van der Waals surface area contributed by atoms with Gasteiger partial charge >= 0.3 is 6.03 Å². The van der Waals surface area contributed by atoms with E-state index in [0.29, 0.717) is 42.7 Å². The Morgan fingerprint density at radius 1 is 1.00 bits per heavy atom. The normalized spacial score (nSPS) is 10.3. The van der Waals surface area contributed by atoms with E-state index in [2.05, 4.69) is 24.5 Å². The summed E-state index contributed by atoms with van der Waals surface area (Å²) >= 11 is 0. The van der Waals surface area contributed by atoms with Gasteiger partial charge in [0.1, 0.15) is 5.75 Å². The molecule has 0 aliphatic rings. The summed E-state index contributed by atoms with van der Waals surface area (Å²) in [4.78, 5) is 11.6. The molecule has 0 aromatic heterocycles. The minimum atomic E-state index is -0.159. The molecule has 0 fully saturated rings. The fourth-order valence-electron chi connectivity index (χ4n) is 1.96. The molecule has 6 heteroatoms. The summed E-state index contributed by atoms with van der Waals surface area (Å²) < 4.78 is 15.9. The summed E-state index contributed by atoms with van der Waals surface area (Å²) in [6.45, 7) is 5.27. The largest absolute Gasteiger partial charge is 0.496 e. The zero-order chi connectivity index (χ0) is 16.5. The zero-order valence-electron chi connectivity index (χ0n) is 14.0. The van der Waals surface area contributed by atoms with Crippen molar-refractivity contribution in [1.82, 2.24) is 10.6 Å². The predicted molar refractivity (Wildman–Crippen MR) is 86.0 cm³/mol. The highest BCUT2D eigenvalue weighted by molar-refractivity contribution is 5.73. The number of methoxy groups -OCH3 is 3. The molecule has 0 heterocycles. The van der Waals surface area contributed by atoms with Gasteiger partial charge in [0.15, 0.2) is 11.5 Å². The first-order valence-electron chi connectivity index (χ1n) is 7.32. The number of hydrogen-bond donors (Lipinski definition) is 2. The van der Waals surface area contributed by atoms with Crippen molar-refractivity contribution in [2.45, 2.75) is 20.3 Å². The molecule has 0 radical (unpaired) electrons. The number of carbonyl (C=O) groups is 1. The van der Waals surface area contributed by atoms with Crippen LogP contribution in [-0.4, -0.2) is 40.5 Å². The topological polar surface area (TPSA) is 68.8 Å². The number of ether oxygens (including phenoxy) is 3. The Morgan fingerprint density at radius 2 is 1.59 bits per heavy atom. The van der Waals surface area contributed by atoms with E-state index in [-0.39, 0.29) is 6.03 Å². The second-order valence-corrected chi connectivity index (χ2v) is 5.30. The van der Waals surface area contributed by atoms with Gasteiger partial charge in [-0.2, -0.15) is 0 Å². The second kappa shape index (κ2) is 9.02. The van der Waals surface area contributed by atoms with Crippen LogP contribution in [0.25, 0.3) is 0 Å². The molecule has 1 aromatic rings. The van der Waals surface area contributed by atoms with Crippen molar-refractivity contribution in [3.8, 4) is 17.2 Å². The fraction of sp³-hybridized carbons (Fsp3) is 0.562. The van der Waals surface area contributed by atoms with Gasteiger partial charge in [0.2, 0.25) is 0 Å². The molecule has 6 nitrogen and oxygen atoms in total. The van der Waals surface area contributed by atoms with Crippen LogP contribution in [0.15, 0.2) is 12.1 Å². The van der Waals surface area contributed by atoms with Gasteiger partial charge in [-0.25, -0.2) is 4.79 Å². The maximum Gasteiger partial charge on any atom is 0.314 e. The van der Waals surface area contributed by atoms with Crippen molar-refractivity contribution in [3.05, 3.63) is 17.7 Å². The monoisotopic (exact) mass is 310 g/mol. The molecule has 1 rings (SSSR count). The van der Waals surface area contributed by atoms with E-state index in [0.717, 1.165) is 5.56 Å². The van der Waals surface area contributed by atoms with Crippen LogP contribution in [0.5, 0.6) is 17.2 Å². The Balaban J connectivity index is 2.63. The van der Waals surface area contributed by atoms with Crippen molar-refractivity contribution < 1.29 is 19.0 Å². The number of amides is 2. The van der Waals surface area contributed by atoms with Gasteiger partial charge < -0.3 is 24.8 Å². The lowest BCUT2D eigenvalue weighted by Gasteiger charge is -2.14. The van der Waals surface area contributed by atoms with E-state index in [4.69, 9.17) is 14.2 Å². The Bertz CT molecular complexity index is 489. The standard InChI is InChI=1S/C16H26N2O4/c1-11(2)10-18-16(19)17-7-6-12-8-14(21-4)15(22-5)9-13(12)20-3/h8-9,11H,6-7,10H2,1-5H3,(H2,17,18,19). The lowest BCUT2D eigenvalue weighted by atomic mass is 10.1. The molecule has 0 saturated carbocycles. The van der Waals surface area contributed by atoms with Crippen LogP contribution in [0.2, 0.25) is 0 Å². The van der Waals surface area contributed by atoms with E-state index < -0.39 is 0 Å². The van der Waals surface area contributed by atoms with E-state index in [1.54, 1.807) is 27.4 Å². The lowest BCUT2D eigenvalue weighted by Crippen LogP contribution is -2.38. The Morgan fingerprint density at radius 3 is 2.14 bits per heavy atom. The third-order valence-corrected chi connectivity index (χ3v) is 3.14. The van der Waals surface area contributed by atoms with Gasteiger partial charge in [-0.05, 0) is 24.0 Å². The molecule has 0 saturated heterocycles. The van der Waals surface area contributed by atoms with Crippen molar-refractivity contribution in [2.75, 3.05) is 34.4 Å². The maximum atomic E-state index is 11.6. The van der Waals surface area contributed by atoms with Crippen LogP contribution < -0.4 is 24.8 Å². The predicted octanol–water partition coefficient (Wildman–Crippen LogP) is 2.21. The third kappa shape index (κ3) is 5.35. The van der Waals surface area contributed by atoms with Crippen molar-refractivity contribution in [3.63, 3.8) is 0 Å². The zero-order valence-corrected chi connectivity index (χ0v) is 14.0. The second-order valence-electron chi connectivity index (χ2n) is 5.30. The molecule has 0 spiro atoms. The molecular weight excluding hydrogens is 284 g/mol. The maximum absolute atomic E-state index is 11.6. The van der Waals surface area contributed by atoms with Crippen molar-refractivity contribution in [1.29, 1.82) is 0 Å². The van der Waals surface area contributed by atoms with Gasteiger partial charge in [0.05, 0.1) is 21.3 Å². The summed E-state index contributed by atoms with van der Waals surface area (Å²) in [7, 11) is 4.77. The number of hydrogen-bond acceptors (Lipinski definition) is 4. The summed E-state index contributed by atoms with van der Waals surface area (Å²) in [6.07, 6.45) is 0.638. The first-order valence-corrected chi connectivity index (χ1v) is 7.32. The molecule has 124 valence electrons. The fourth-order valence-corrected chi connectivity index (χ4v) is 1.96. The minimum Gasteiger partial charge on any atom is -0.496 e. The highest BCUT2D eigenvalue weighted by Gasteiger charge is 2.12. The van der Waals surface area contributed by atoms with Crippen LogP contribution in [-0.2, 0) is 6.42 Å². The SMILES string of the molecule is COc1cc(OC)c(OC)cc1CCNC(=O)NCC(C)C. The molecule has 0 bridgehead atoms. The van der Waals surface area contributed by atoms with Crippen LogP contribution in [0.1, 0.15) is 19.4 Å². The average Bonchev–Trinajstić information content (AvgIpc) is 2.52. The van der Waals surface area contributed by atoms with Crippen molar-refractivity contribution >= 4 is 6.03 Å². The smallest absolute Gasteiger partial charge is 0.314 e. The molecule has 22 heavy (non-hydrogen) atoms. The van der Waals surface area contributed by atoms with Gasteiger partial charge in [-0.1, -0.05) is 13.8 Å². The molecule has 0 atom stereocenters. The summed E-state index contributed by atoms with van der Waals surface area (Å²) in [5, 5.41) is 5.64. The van der Waals surface area contributed by atoms with Crippen LogP contribution >= 0.6 is 0 Å². The number of nitrogens with one attached hydrogen (secondary N) is 2. The average molecular weight is 310 g/mol. The van der Waals surface area contributed by atoms with Gasteiger partial charge in [-0.15, -0.1) is 0 Å². The van der Waals surface area contributed by atoms with E-state index in [1.807, 2.05) is 6.07 Å². The number of carbonyl (C=O) groups excluding carboxylic acids is 1. The molecule has 0 unspecified atom stereocenters. The molecule has 0 aliphatic heterocycles.